The lowest BCUT2D eigenvalue weighted by Crippen LogP contribution is -3.13. The molecule has 1 fully saturated rings. The number of rotatable bonds is 5. The monoisotopic (exact) mass is 342 g/mol. The summed E-state index contributed by atoms with van der Waals surface area (Å²) in [5.41, 5.74) is 1.83. The lowest BCUT2D eigenvalue weighted by Gasteiger charge is -2.32. The molecule has 1 N–H and O–H groups in total. The minimum Gasteiger partial charge on any atom is -0.497 e. The Balaban J connectivity index is 1.63. The van der Waals surface area contributed by atoms with Gasteiger partial charge in [0.1, 0.15) is 18.0 Å². The van der Waals surface area contributed by atoms with Crippen molar-refractivity contribution in [2.45, 2.75) is 6.54 Å². The van der Waals surface area contributed by atoms with Crippen LogP contribution in [0.5, 0.6) is 11.5 Å². The predicted octanol–water partition coefficient (Wildman–Crippen LogP) is 0.640. The topological polar surface area (TPSA) is 56.1 Å². The zero-order chi connectivity index (χ0) is 17.6. The first-order valence-electron chi connectivity index (χ1n) is 8.45. The van der Waals surface area contributed by atoms with Gasteiger partial charge in [0, 0.05) is 18.0 Å². The molecule has 2 aromatic rings. The average Bonchev–Trinajstić information content (AvgIpc) is 2.68. The van der Waals surface area contributed by atoms with Crippen LogP contribution in [-0.4, -0.2) is 56.2 Å². The molecule has 25 heavy (non-hydrogen) atoms. The van der Waals surface area contributed by atoms with Gasteiger partial charge in [-0.25, -0.2) is 0 Å². The Bertz CT molecular complexity index is 713. The number of pyridine rings is 1. The van der Waals surface area contributed by atoms with E-state index in [2.05, 4.69) is 4.98 Å². The van der Waals surface area contributed by atoms with Gasteiger partial charge in [-0.15, -0.1) is 0 Å². The van der Waals surface area contributed by atoms with Crippen LogP contribution in [-0.2, 0) is 6.54 Å². The fraction of sp³-hybridized carbons (Fsp3) is 0.368. The van der Waals surface area contributed by atoms with Crippen molar-refractivity contribution in [3.05, 3.63) is 53.9 Å². The van der Waals surface area contributed by atoms with Crippen molar-refractivity contribution in [2.75, 3.05) is 40.4 Å². The van der Waals surface area contributed by atoms with E-state index in [0.29, 0.717) is 17.1 Å². The molecule has 132 valence electrons. The summed E-state index contributed by atoms with van der Waals surface area (Å²) >= 11 is 0. The number of amides is 1. The average molecular weight is 342 g/mol. The molecule has 0 bridgehead atoms. The van der Waals surface area contributed by atoms with E-state index >= 15 is 0 Å². The maximum atomic E-state index is 12.9. The zero-order valence-electron chi connectivity index (χ0n) is 14.7. The molecule has 0 unspecified atom stereocenters. The van der Waals surface area contributed by atoms with Crippen molar-refractivity contribution >= 4 is 5.91 Å². The van der Waals surface area contributed by atoms with Crippen molar-refractivity contribution in [3.63, 3.8) is 0 Å². The van der Waals surface area contributed by atoms with Crippen LogP contribution in [0.4, 0.5) is 0 Å². The number of methoxy groups -OCH3 is 2. The molecule has 1 aliphatic rings. The van der Waals surface area contributed by atoms with Crippen LogP contribution in [0.3, 0.4) is 0 Å². The smallest absolute Gasteiger partial charge is 0.258 e. The van der Waals surface area contributed by atoms with Gasteiger partial charge in [0.25, 0.3) is 5.91 Å². The molecule has 1 aliphatic heterocycles. The molecule has 1 aromatic carbocycles. The highest BCUT2D eigenvalue weighted by Gasteiger charge is 2.26. The molecule has 3 rings (SSSR count). The molecule has 0 radical (unpaired) electrons. The lowest BCUT2D eigenvalue weighted by atomic mass is 10.1. The lowest BCUT2D eigenvalue weighted by molar-refractivity contribution is -0.917. The van der Waals surface area contributed by atoms with Crippen LogP contribution in [0.2, 0.25) is 0 Å². The zero-order valence-corrected chi connectivity index (χ0v) is 14.7. The molecule has 1 amide bonds. The molecule has 2 heterocycles. The van der Waals surface area contributed by atoms with E-state index in [9.17, 15) is 4.79 Å². The fourth-order valence-corrected chi connectivity index (χ4v) is 3.14. The molecule has 0 aliphatic carbocycles. The number of benzene rings is 1. The molecule has 0 spiro atoms. The maximum Gasteiger partial charge on any atom is 0.258 e. The van der Waals surface area contributed by atoms with Crippen molar-refractivity contribution in [3.8, 4) is 11.5 Å². The van der Waals surface area contributed by atoms with Gasteiger partial charge in [0.2, 0.25) is 0 Å². The number of carbonyl (C=O) groups excluding carboxylic acids is 1. The Morgan fingerprint density at radius 2 is 1.84 bits per heavy atom. The molecule has 1 saturated heterocycles. The van der Waals surface area contributed by atoms with Gasteiger partial charge in [-0.2, -0.15) is 0 Å². The second-order valence-corrected chi connectivity index (χ2v) is 6.14. The molecule has 6 heteroatoms. The predicted molar refractivity (Wildman–Crippen MR) is 94.1 cm³/mol. The van der Waals surface area contributed by atoms with Gasteiger partial charge in [0.15, 0.2) is 0 Å². The Kier molecular flexibility index (Phi) is 5.50. The summed E-state index contributed by atoms with van der Waals surface area (Å²) in [5.74, 6) is 1.24. The number of carbonyl (C=O) groups is 1. The van der Waals surface area contributed by atoms with Crippen molar-refractivity contribution in [2.24, 2.45) is 0 Å². The summed E-state index contributed by atoms with van der Waals surface area (Å²) in [7, 11) is 3.17. The van der Waals surface area contributed by atoms with Crippen molar-refractivity contribution in [1.29, 1.82) is 0 Å². The number of nitrogens with zero attached hydrogens (tertiary/aromatic N) is 2. The standard InChI is InChI=1S/C19H23N3O3/c1-24-16-3-4-18(25-2)17(13-16)19(23)22-11-9-21(10-12-22)14-15-5-7-20-8-6-15/h3-8,13H,9-12,14H2,1-2H3/p+1. The van der Waals surface area contributed by atoms with E-state index in [0.717, 1.165) is 32.7 Å². The number of aromatic nitrogens is 1. The first-order chi connectivity index (χ1) is 12.2. The second kappa shape index (κ2) is 7.98. The number of quaternary nitrogens is 1. The van der Waals surface area contributed by atoms with E-state index in [1.54, 1.807) is 32.4 Å². The van der Waals surface area contributed by atoms with Gasteiger partial charge in [0.05, 0.1) is 46.0 Å². The number of ether oxygens (including phenoxy) is 2. The second-order valence-electron chi connectivity index (χ2n) is 6.14. The Labute approximate surface area is 148 Å². The van der Waals surface area contributed by atoms with Crippen LogP contribution >= 0.6 is 0 Å². The fourth-order valence-electron chi connectivity index (χ4n) is 3.14. The van der Waals surface area contributed by atoms with Crippen LogP contribution in [0.25, 0.3) is 0 Å². The largest absolute Gasteiger partial charge is 0.497 e. The van der Waals surface area contributed by atoms with E-state index in [1.807, 2.05) is 29.4 Å². The van der Waals surface area contributed by atoms with Crippen molar-refractivity contribution in [1.82, 2.24) is 9.88 Å². The summed E-state index contributed by atoms with van der Waals surface area (Å²) in [6, 6.07) is 9.41. The van der Waals surface area contributed by atoms with E-state index in [4.69, 9.17) is 9.47 Å². The summed E-state index contributed by atoms with van der Waals surface area (Å²) in [5, 5.41) is 0. The van der Waals surface area contributed by atoms with E-state index in [-0.39, 0.29) is 5.91 Å². The van der Waals surface area contributed by atoms with Gasteiger partial charge < -0.3 is 19.3 Å². The quantitative estimate of drug-likeness (QED) is 0.866. The Morgan fingerprint density at radius 1 is 1.12 bits per heavy atom. The maximum absolute atomic E-state index is 12.9. The number of hydrogen-bond acceptors (Lipinski definition) is 4. The number of nitrogens with one attached hydrogen (secondary N) is 1. The van der Waals surface area contributed by atoms with Gasteiger partial charge in [-0.05, 0) is 30.3 Å². The summed E-state index contributed by atoms with van der Waals surface area (Å²) < 4.78 is 10.6. The first-order valence-corrected chi connectivity index (χ1v) is 8.45. The van der Waals surface area contributed by atoms with E-state index in [1.165, 1.54) is 10.5 Å². The number of piperazine rings is 1. The highest BCUT2D eigenvalue weighted by atomic mass is 16.5. The van der Waals surface area contributed by atoms with Gasteiger partial charge in [-0.1, -0.05) is 0 Å². The molecule has 1 aromatic heterocycles. The van der Waals surface area contributed by atoms with Crippen LogP contribution < -0.4 is 14.4 Å². The molecule has 6 nitrogen and oxygen atoms in total. The summed E-state index contributed by atoms with van der Waals surface area (Å²) in [4.78, 5) is 20.3. The normalized spacial score (nSPS) is 15.0. The first kappa shape index (κ1) is 17.2. The van der Waals surface area contributed by atoms with E-state index < -0.39 is 0 Å². The number of hydrogen-bond donors (Lipinski definition) is 1. The molecular weight excluding hydrogens is 318 g/mol. The third-order valence-electron chi connectivity index (χ3n) is 4.60. The van der Waals surface area contributed by atoms with Gasteiger partial charge >= 0.3 is 0 Å². The highest BCUT2D eigenvalue weighted by molar-refractivity contribution is 5.97. The van der Waals surface area contributed by atoms with Crippen molar-refractivity contribution < 1.29 is 19.2 Å². The third-order valence-corrected chi connectivity index (χ3v) is 4.60. The van der Waals surface area contributed by atoms with Crippen LogP contribution in [0, 0.1) is 0 Å². The summed E-state index contributed by atoms with van der Waals surface area (Å²) in [6.45, 7) is 4.30. The molecular formula is C19H24N3O3+. The summed E-state index contributed by atoms with van der Waals surface area (Å²) in [6.07, 6.45) is 3.65. The minimum atomic E-state index is -0.00119. The highest BCUT2D eigenvalue weighted by Crippen LogP contribution is 2.25. The third kappa shape index (κ3) is 4.09. The van der Waals surface area contributed by atoms with Crippen LogP contribution in [0.1, 0.15) is 15.9 Å². The molecule has 0 atom stereocenters. The Morgan fingerprint density at radius 3 is 2.48 bits per heavy atom. The van der Waals surface area contributed by atoms with Gasteiger partial charge in [-0.3, -0.25) is 9.78 Å². The minimum absolute atomic E-state index is 0.00119. The molecule has 0 saturated carbocycles. The Hall–Kier alpha value is -2.60. The SMILES string of the molecule is COc1ccc(OC)c(C(=O)N2CC[NH+](Cc3ccncc3)CC2)c1. The van der Waals surface area contributed by atoms with Crippen LogP contribution in [0.15, 0.2) is 42.7 Å².